The summed E-state index contributed by atoms with van der Waals surface area (Å²) in [5.41, 5.74) is -0.634. The number of hydrogen-bond acceptors (Lipinski definition) is 5. The van der Waals surface area contributed by atoms with E-state index in [9.17, 15) is 14.7 Å². The molecule has 1 aliphatic heterocycles. The van der Waals surface area contributed by atoms with Gasteiger partial charge in [-0.15, -0.1) is 0 Å². The molecule has 1 heterocycles. The summed E-state index contributed by atoms with van der Waals surface area (Å²) in [5.74, 6) is -1.03. The number of alkyl carbamates (subject to hydrolysis) is 1. The lowest BCUT2D eigenvalue weighted by molar-refractivity contribution is -0.139. The molecule has 1 unspecified atom stereocenters. The molecule has 122 valence electrons. The average molecular weight is 301 g/mol. The monoisotopic (exact) mass is 301 g/mol. The fourth-order valence-corrected chi connectivity index (χ4v) is 2.09. The summed E-state index contributed by atoms with van der Waals surface area (Å²) in [6.07, 6.45) is -0.313. The van der Waals surface area contributed by atoms with E-state index < -0.39 is 23.7 Å². The van der Waals surface area contributed by atoms with Crippen molar-refractivity contribution < 1.29 is 19.4 Å². The predicted octanol–water partition coefficient (Wildman–Crippen LogP) is 0.602. The molecule has 7 nitrogen and oxygen atoms in total. The molecule has 1 atom stereocenters. The highest BCUT2D eigenvalue weighted by molar-refractivity contribution is 5.79. The van der Waals surface area contributed by atoms with E-state index in [1.807, 2.05) is 0 Å². The average Bonchev–Trinajstić information content (AvgIpc) is 2.33. The number of piperazine rings is 1. The first-order chi connectivity index (χ1) is 9.67. The first-order valence-electron chi connectivity index (χ1n) is 7.30. The van der Waals surface area contributed by atoms with Crippen molar-refractivity contribution in [3.05, 3.63) is 0 Å². The van der Waals surface area contributed by atoms with Gasteiger partial charge in [0.2, 0.25) is 0 Å². The second-order valence-corrected chi connectivity index (χ2v) is 6.47. The highest BCUT2D eigenvalue weighted by atomic mass is 16.6. The third-order valence-electron chi connectivity index (χ3n) is 3.32. The SMILES string of the molecule is CN1CCN(CCC(NC(=O)OC(C)(C)C)C(=O)O)CC1. The molecule has 1 fully saturated rings. The van der Waals surface area contributed by atoms with Gasteiger partial charge in [0.25, 0.3) is 0 Å². The van der Waals surface area contributed by atoms with Gasteiger partial charge in [-0.2, -0.15) is 0 Å². The van der Waals surface area contributed by atoms with Crippen molar-refractivity contribution in [2.75, 3.05) is 39.8 Å². The predicted molar refractivity (Wildman–Crippen MR) is 79.3 cm³/mol. The first-order valence-corrected chi connectivity index (χ1v) is 7.30. The number of carboxylic acids is 1. The summed E-state index contributed by atoms with van der Waals surface area (Å²) in [6.45, 7) is 9.70. The Morgan fingerprint density at radius 3 is 2.29 bits per heavy atom. The van der Waals surface area contributed by atoms with Crippen molar-refractivity contribution in [3.8, 4) is 0 Å². The van der Waals surface area contributed by atoms with Gasteiger partial charge in [-0.3, -0.25) is 0 Å². The minimum absolute atomic E-state index is 0.373. The Kier molecular flexibility index (Phi) is 6.42. The maximum absolute atomic E-state index is 11.7. The molecule has 0 bridgehead atoms. The van der Waals surface area contributed by atoms with Crippen LogP contribution in [0.15, 0.2) is 0 Å². The van der Waals surface area contributed by atoms with Crippen LogP contribution in [0.3, 0.4) is 0 Å². The van der Waals surface area contributed by atoms with E-state index in [0.717, 1.165) is 26.2 Å². The summed E-state index contributed by atoms with van der Waals surface area (Å²) < 4.78 is 5.09. The van der Waals surface area contributed by atoms with Crippen LogP contribution in [0.25, 0.3) is 0 Å². The summed E-state index contributed by atoms with van der Waals surface area (Å²) in [6, 6.07) is -0.917. The number of carbonyl (C=O) groups is 2. The number of nitrogens with zero attached hydrogens (tertiary/aromatic N) is 2. The van der Waals surface area contributed by atoms with Crippen LogP contribution in [-0.4, -0.2) is 78.4 Å². The standard InChI is InChI=1S/C14H27N3O4/c1-14(2,3)21-13(20)15-11(12(18)19)5-6-17-9-7-16(4)8-10-17/h11H,5-10H2,1-4H3,(H,15,20)(H,18,19). The van der Waals surface area contributed by atoms with Gasteiger partial charge in [0.05, 0.1) is 0 Å². The number of nitrogens with one attached hydrogen (secondary N) is 1. The first kappa shape index (κ1) is 17.7. The quantitative estimate of drug-likeness (QED) is 0.774. The Balaban J connectivity index is 2.40. The van der Waals surface area contributed by atoms with Crippen LogP contribution in [0.5, 0.6) is 0 Å². The summed E-state index contributed by atoms with van der Waals surface area (Å²) >= 11 is 0. The van der Waals surface area contributed by atoms with E-state index in [0.29, 0.717) is 13.0 Å². The molecule has 0 aromatic heterocycles. The number of carbonyl (C=O) groups excluding carboxylic acids is 1. The van der Waals surface area contributed by atoms with Crippen LogP contribution >= 0.6 is 0 Å². The highest BCUT2D eigenvalue weighted by Crippen LogP contribution is 2.08. The van der Waals surface area contributed by atoms with E-state index in [-0.39, 0.29) is 0 Å². The zero-order valence-electron chi connectivity index (χ0n) is 13.4. The van der Waals surface area contributed by atoms with Gasteiger partial charge in [0.1, 0.15) is 11.6 Å². The van der Waals surface area contributed by atoms with Gasteiger partial charge in [0.15, 0.2) is 0 Å². The van der Waals surface area contributed by atoms with Crippen molar-refractivity contribution in [1.82, 2.24) is 15.1 Å². The number of ether oxygens (including phenoxy) is 1. The van der Waals surface area contributed by atoms with Crippen molar-refractivity contribution in [3.63, 3.8) is 0 Å². The van der Waals surface area contributed by atoms with Gasteiger partial charge < -0.3 is 25.0 Å². The number of likely N-dealkylation sites (N-methyl/N-ethyl adjacent to an activating group) is 1. The highest BCUT2D eigenvalue weighted by Gasteiger charge is 2.25. The van der Waals surface area contributed by atoms with E-state index in [4.69, 9.17) is 4.74 Å². The van der Waals surface area contributed by atoms with E-state index in [1.165, 1.54) is 0 Å². The zero-order chi connectivity index (χ0) is 16.0. The largest absolute Gasteiger partial charge is 0.480 e. The molecule has 2 N–H and O–H groups in total. The molecule has 0 aromatic carbocycles. The molecular weight excluding hydrogens is 274 g/mol. The van der Waals surface area contributed by atoms with Gasteiger partial charge >= 0.3 is 12.1 Å². The van der Waals surface area contributed by atoms with Crippen molar-refractivity contribution in [2.45, 2.75) is 38.8 Å². The lowest BCUT2D eigenvalue weighted by Gasteiger charge is -2.32. The van der Waals surface area contributed by atoms with Crippen LogP contribution in [-0.2, 0) is 9.53 Å². The molecule has 1 amide bonds. The maximum atomic E-state index is 11.7. The van der Waals surface area contributed by atoms with Gasteiger partial charge in [0, 0.05) is 32.7 Å². The Hall–Kier alpha value is -1.34. The number of rotatable bonds is 5. The molecule has 0 spiro atoms. The summed E-state index contributed by atoms with van der Waals surface area (Å²) in [7, 11) is 2.07. The Labute approximate surface area is 126 Å². The number of amides is 1. The van der Waals surface area contributed by atoms with E-state index in [2.05, 4.69) is 22.2 Å². The second kappa shape index (κ2) is 7.61. The summed E-state index contributed by atoms with van der Waals surface area (Å²) in [5, 5.41) is 11.6. The molecule has 1 saturated heterocycles. The number of aliphatic carboxylic acids is 1. The third-order valence-corrected chi connectivity index (χ3v) is 3.32. The molecular formula is C14H27N3O4. The molecule has 1 rings (SSSR count). The van der Waals surface area contributed by atoms with Crippen LogP contribution in [0, 0.1) is 0 Å². The maximum Gasteiger partial charge on any atom is 0.408 e. The molecule has 1 aliphatic rings. The minimum atomic E-state index is -1.03. The number of hydrogen-bond donors (Lipinski definition) is 2. The van der Waals surface area contributed by atoms with E-state index >= 15 is 0 Å². The van der Waals surface area contributed by atoms with Crippen LogP contribution in [0.1, 0.15) is 27.2 Å². The smallest absolute Gasteiger partial charge is 0.408 e. The van der Waals surface area contributed by atoms with Gasteiger partial charge in [-0.05, 0) is 34.2 Å². The van der Waals surface area contributed by atoms with E-state index in [1.54, 1.807) is 20.8 Å². The van der Waals surface area contributed by atoms with Crippen LogP contribution in [0.2, 0.25) is 0 Å². The molecule has 21 heavy (non-hydrogen) atoms. The van der Waals surface area contributed by atoms with Crippen molar-refractivity contribution >= 4 is 12.1 Å². The third kappa shape index (κ3) is 7.29. The second-order valence-electron chi connectivity index (χ2n) is 6.47. The fraction of sp³-hybridized carbons (Fsp3) is 0.857. The molecule has 0 radical (unpaired) electrons. The lowest BCUT2D eigenvalue weighted by atomic mass is 10.2. The van der Waals surface area contributed by atoms with Gasteiger partial charge in [-0.1, -0.05) is 0 Å². The van der Waals surface area contributed by atoms with Gasteiger partial charge in [-0.25, -0.2) is 9.59 Å². The Morgan fingerprint density at radius 1 is 1.24 bits per heavy atom. The Morgan fingerprint density at radius 2 is 1.81 bits per heavy atom. The van der Waals surface area contributed by atoms with Crippen LogP contribution in [0.4, 0.5) is 4.79 Å². The molecule has 7 heteroatoms. The van der Waals surface area contributed by atoms with Crippen molar-refractivity contribution in [2.24, 2.45) is 0 Å². The fourth-order valence-electron chi connectivity index (χ4n) is 2.09. The summed E-state index contributed by atoms with van der Waals surface area (Å²) in [4.78, 5) is 27.3. The molecule has 0 aromatic rings. The topological polar surface area (TPSA) is 82.1 Å². The lowest BCUT2D eigenvalue weighted by Crippen LogP contribution is -2.48. The molecule has 0 saturated carbocycles. The minimum Gasteiger partial charge on any atom is -0.480 e. The normalized spacial score (nSPS) is 19.0. The molecule has 0 aliphatic carbocycles. The Bertz CT molecular complexity index is 360. The van der Waals surface area contributed by atoms with Crippen molar-refractivity contribution in [1.29, 1.82) is 0 Å². The number of carboxylic acid groups (broad SMARTS) is 1. The zero-order valence-corrected chi connectivity index (χ0v) is 13.4. The van der Waals surface area contributed by atoms with Crippen LogP contribution < -0.4 is 5.32 Å².